The number of aliphatic imine (C=N–C) groups is 1. The number of carbonyl (C=O) groups excluding carboxylic acids is 1. The van der Waals surface area contributed by atoms with Crippen LogP contribution in [-0.4, -0.2) is 11.9 Å². The van der Waals surface area contributed by atoms with Gasteiger partial charge in [0.2, 0.25) is 5.90 Å². The molecule has 0 radical (unpaired) electrons. The lowest BCUT2D eigenvalue weighted by molar-refractivity contribution is -0.129. The van der Waals surface area contributed by atoms with Gasteiger partial charge in [0.15, 0.2) is 5.70 Å². The average molecular weight is 273 g/mol. The minimum absolute atomic E-state index is 0.202. The number of hydrogen-bond acceptors (Lipinski definition) is 4. The first kappa shape index (κ1) is 11.8. The number of halogens is 1. The Balaban J connectivity index is 1.93. The average Bonchev–Trinajstić information content (AvgIpc) is 3.02. The number of hydrogen-bond donors (Lipinski definition) is 0. The van der Waals surface area contributed by atoms with Crippen LogP contribution in [0, 0.1) is 5.82 Å². The van der Waals surface area contributed by atoms with Gasteiger partial charge in [-0.25, -0.2) is 14.2 Å². The Hall–Kier alpha value is -2.27. The second-order valence-electron chi connectivity index (χ2n) is 3.86. The number of thiophene rings is 1. The van der Waals surface area contributed by atoms with E-state index in [1.54, 1.807) is 6.08 Å². The topological polar surface area (TPSA) is 38.7 Å². The zero-order chi connectivity index (χ0) is 13.2. The maximum atomic E-state index is 12.8. The highest BCUT2D eigenvalue weighted by Crippen LogP contribution is 2.21. The lowest BCUT2D eigenvalue weighted by Crippen LogP contribution is -2.05. The minimum Gasteiger partial charge on any atom is -0.402 e. The monoisotopic (exact) mass is 273 g/mol. The molecular formula is C14H8FNO2S. The van der Waals surface area contributed by atoms with Gasteiger partial charge in [-0.15, -0.1) is 11.3 Å². The zero-order valence-electron chi connectivity index (χ0n) is 9.67. The normalized spacial score (nSPS) is 16.6. The van der Waals surface area contributed by atoms with Gasteiger partial charge in [0.25, 0.3) is 0 Å². The van der Waals surface area contributed by atoms with E-state index >= 15 is 0 Å². The summed E-state index contributed by atoms with van der Waals surface area (Å²) in [4.78, 5) is 16.7. The Bertz CT molecular complexity index is 672. The van der Waals surface area contributed by atoms with Gasteiger partial charge in [0, 0.05) is 10.4 Å². The first-order valence-electron chi connectivity index (χ1n) is 5.54. The Kier molecular flexibility index (Phi) is 2.97. The van der Waals surface area contributed by atoms with E-state index < -0.39 is 5.97 Å². The number of cyclic esters (lactones) is 1. The van der Waals surface area contributed by atoms with E-state index in [0.717, 1.165) is 4.88 Å². The highest BCUT2D eigenvalue weighted by atomic mass is 32.1. The number of nitrogens with zero attached hydrogens (tertiary/aromatic N) is 1. The van der Waals surface area contributed by atoms with E-state index in [2.05, 4.69) is 4.99 Å². The Morgan fingerprint density at radius 3 is 2.68 bits per heavy atom. The van der Waals surface area contributed by atoms with Crippen LogP contribution in [0.15, 0.2) is 52.5 Å². The molecular weight excluding hydrogens is 265 g/mol. The maximum Gasteiger partial charge on any atom is 0.363 e. The van der Waals surface area contributed by atoms with Gasteiger partial charge in [-0.2, -0.15) is 0 Å². The molecule has 0 amide bonds. The number of esters is 1. The molecule has 0 saturated carbocycles. The van der Waals surface area contributed by atoms with Crippen LogP contribution in [0.25, 0.3) is 6.08 Å². The third-order valence-electron chi connectivity index (χ3n) is 2.53. The van der Waals surface area contributed by atoms with Gasteiger partial charge in [-0.1, -0.05) is 6.07 Å². The molecule has 1 aromatic heterocycles. The van der Waals surface area contributed by atoms with Crippen molar-refractivity contribution in [3.8, 4) is 0 Å². The fourth-order valence-electron chi connectivity index (χ4n) is 1.63. The number of carbonyl (C=O) groups is 1. The lowest BCUT2D eigenvalue weighted by Gasteiger charge is -1.98. The van der Waals surface area contributed by atoms with Gasteiger partial charge in [-0.05, 0) is 41.8 Å². The van der Waals surface area contributed by atoms with Crippen LogP contribution in [0.4, 0.5) is 4.39 Å². The zero-order valence-corrected chi connectivity index (χ0v) is 10.5. The molecule has 2 heterocycles. The van der Waals surface area contributed by atoms with Crippen LogP contribution in [0.1, 0.15) is 10.4 Å². The lowest BCUT2D eigenvalue weighted by atomic mass is 10.2. The van der Waals surface area contributed by atoms with Crippen molar-refractivity contribution < 1.29 is 13.9 Å². The summed E-state index contributed by atoms with van der Waals surface area (Å²) in [5.41, 5.74) is 0.825. The summed E-state index contributed by atoms with van der Waals surface area (Å²) in [6.45, 7) is 0. The van der Waals surface area contributed by atoms with Gasteiger partial charge >= 0.3 is 5.97 Å². The molecule has 1 aromatic carbocycles. The van der Waals surface area contributed by atoms with Gasteiger partial charge < -0.3 is 4.74 Å². The number of ether oxygens (including phenoxy) is 1. The van der Waals surface area contributed by atoms with Crippen molar-refractivity contribution in [3.05, 3.63) is 63.7 Å². The standard InChI is InChI=1S/C14H8FNO2S/c15-10-5-3-9(4-6-10)13-16-12(14(17)18-13)8-11-2-1-7-19-11/h1-8H/b12-8+. The molecule has 5 heteroatoms. The molecule has 1 aliphatic rings. The van der Waals surface area contributed by atoms with E-state index in [0.29, 0.717) is 5.56 Å². The molecule has 0 spiro atoms. The van der Waals surface area contributed by atoms with Crippen LogP contribution in [0.3, 0.4) is 0 Å². The quantitative estimate of drug-likeness (QED) is 0.622. The fraction of sp³-hybridized carbons (Fsp3) is 0. The van der Waals surface area contributed by atoms with E-state index in [-0.39, 0.29) is 17.4 Å². The fourth-order valence-corrected chi connectivity index (χ4v) is 2.28. The smallest absolute Gasteiger partial charge is 0.363 e. The molecule has 3 rings (SSSR count). The summed E-state index contributed by atoms with van der Waals surface area (Å²) in [5, 5.41) is 1.91. The van der Waals surface area contributed by atoms with Crippen LogP contribution in [-0.2, 0) is 9.53 Å². The molecule has 2 aromatic rings. The van der Waals surface area contributed by atoms with E-state index in [1.807, 2.05) is 17.5 Å². The summed E-state index contributed by atoms with van der Waals surface area (Å²) in [5.74, 6) is -0.636. The summed E-state index contributed by atoms with van der Waals surface area (Å²) in [7, 11) is 0. The second-order valence-corrected chi connectivity index (χ2v) is 4.84. The number of rotatable bonds is 2. The summed E-state index contributed by atoms with van der Waals surface area (Å²) in [6, 6.07) is 9.42. The predicted molar refractivity (Wildman–Crippen MR) is 71.3 cm³/mol. The first-order valence-corrected chi connectivity index (χ1v) is 6.42. The molecule has 0 saturated heterocycles. The highest BCUT2D eigenvalue weighted by Gasteiger charge is 2.24. The molecule has 0 aliphatic carbocycles. The van der Waals surface area contributed by atoms with E-state index in [1.165, 1.54) is 35.6 Å². The van der Waals surface area contributed by atoms with Crippen molar-refractivity contribution in [3.63, 3.8) is 0 Å². The Labute approximate surface area is 112 Å². The summed E-state index contributed by atoms with van der Waals surface area (Å²) >= 11 is 1.51. The molecule has 94 valence electrons. The van der Waals surface area contributed by atoms with Crippen LogP contribution in [0.2, 0.25) is 0 Å². The van der Waals surface area contributed by atoms with Gasteiger partial charge in [0.1, 0.15) is 5.82 Å². The van der Waals surface area contributed by atoms with Crippen molar-refractivity contribution in [2.45, 2.75) is 0 Å². The second kappa shape index (κ2) is 4.78. The van der Waals surface area contributed by atoms with E-state index in [9.17, 15) is 9.18 Å². The van der Waals surface area contributed by atoms with Crippen LogP contribution in [0.5, 0.6) is 0 Å². The highest BCUT2D eigenvalue weighted by molar-refractivity contribution is 7.10. The van der Waals surface area contributed by atoms with Crippen molar-refractivity contribution in [2.24, 2.45) is 4.99 Å². The molecule has 3 nitrogen and oxygen atoms in total. The van der Waals surface area contributed by atoms with Crippen molar-refractivity contribution in [1.29, 1.82) is 0 Å². The van der Waals surface area contributed by atoms with Crippen molar-refractivity contribution in [1.82, 2.24) is 0 Å². The number of benzene rings is 1. The van der Waals surface area contributed by atoms with Crippen LogP contribution >= 0.6 is 11.3 Å². The maximum absolute atomic E-state index is 12.8. The summed E-state index contributed by atoms with van der Waals surface area (Å²) in [6.07, 6.45) is 1.67. The molecule has 0 atom stereocenters. The van der Waals surface area contributed by atoms with Gasteiger partial charge in [-0.3, -0.25) is 0 Å². The third-order valence-corrected chi connectivity index (χ3v) is 3.35. The molecule has 0 unspecified atom stereocenters. The third kappa shape index (κ3) is 2.46. The van der Waals surface area contributed by atoms with Crippen LogP contribution < -0.4 is 0 Å². The van der Waals surface area contributed by atoms with E-state index in [4.69, 9.17) is 4.74 Å². The molecule has 0 bridgehead atoms. The largest absolute Gasteiger partial charge is 0.402 e. The van der Waals surface area contributed by atoms with Crippen molar-refractivity contribution >= 4 is 29.3 Å². The Morgan fingerprint density at radius 2 is 2.00 bits per heavy atom. The SMILES string of the molecule is O=C1OC(c2ccc(F)cc2)=N/C1=C/c1cccs1. The summed E-state index contributed by atoms with van der Waals surface area (Å²) < 4.78 is 17.9. The molecule has 0 N–H and O–H groups in total. The first-order chi connectivity index (χ1) is 9.22. The molecule has 1 aliphatic heterocycles. The molecule has 0 fully saturated rings. The van der Waals surface area contributed by atoms with Gasteiger partial charge in [0.05, 0.1) is 0 Å². The molecule has 19 heavy (non-hydrogen) atoms. The Morgan fingerprint density at radius 1 is 1.21 bits per heavy atom. The predicted octanol–water partition coefficient (Wildman–Crippen LogP) is 3.23. The minimum atomic E-state index is -0.493. The van der Waals surface area contributed by atoms with Crippen molar-refractivity contribution in [2.75, 3.05) is 0 Å².